The van der Waals surface area contributed by atoms with E-state index in [-0.39, 0.29) is 17.0 Å². The van der Waals surface area contributed by atoms with Crippen LogP contribution in [0.1, 0.15) is 21.9 Å². The Hall–Kier alpha value is -4.53. The molecule has 0 spiro atoms. The molecule has 0 saturated carbocycles. The maximum absolute atomic E-state index is 13.6. The number of thiazole rings is 1. The number of halogens is 1. The summed E-state index contributed by atoms with van der Waals surface area (Å²) in [5, 5.41) is 23.1. The molecule has 9 heteroatoms. The molecule has 6 aromatic rings. The monoisotopic (exact) mass is 542 g/mol. The number of aromatic hydroxyl groups is 2. The predicted molar refractivity (Wildman–Crippen MR) is 146 cm³/mol. The number of aryl methyl sites for hydroxylation is 1. The van der Waals surface area contributed by atoms with Crippen LogP contribution >= 0.6 is 22.9 Å². The van der Waals surface area contributed by atoms with Crippen molar-refractivity contribution in [2.24, 2.45) is 0 Å². The van der Waals surface area contributed by atoms with Gasteiger partial charge in [0.15, 0.2) is 16.6 Å². The molecule has 0 fully saturated rings. The molecule has 188 valence electrons. The Morgan fingerprint density at radius 2 is 1.76 bits per heavy atom. The molecule has 3 aromatic carbocycles. The minimum Gasteiger partial charge on any atom is -0.503 e. The second-order valence-corrected chi connectivity index (χ2v) is 9.97. The van der Waals surface area contributed by atoms with E-state index in [1.807, 2.05) is 30.3 Å². The van der Waals surface area contributed by atoms with E-state index in [0.717, 1.165) is 4.70 Å². The van der Waals surface area contributed by atoms with E-state index in [1.165, 1.54) is 22.0 Å². The molecule has 6 rings (SSSR count). The van der Waals surface area contributed by atoms with Crippen LogP contribution in [0, 0.1) is 6.92 Å². The predicted octanol–water partition coefficient (Wildman–Crippen LogP) is 7.74. The lowest BCUT2D eigenvalue weighted by Gasteiger charge is -2.11. The lowest BCUT2D eigenvalue weighted by atomic mass is 10.0. The van der Waals surface area contributed by atoms with Crippen LogP contribution in [0.3, 0.4) is 0 Å². The zero-order valence-electron chi connectivity index (χ0n) is 19.9. The van der Waals surface area contributed by atoms with Gasteiger partial charge in [-0.3, -0.25) is 9.36 Å². The average molecular weight is 543 g/mol. The number of rotatable bonds is 6. The Labute approximate surface area is 225 Å². The van der Waals surface area contributed by atoms with Crippen molar-refractivity contribution in [2.45, 2.75) is 6.92 Å². The van der Waals surface area contributed by atoms with E-state index in [1.54, 1.807) is 55.5 Å². The van der Waals surface area contributed by atoms with Gasteiger partial charge in [-0.05, 0) is 61.5 Å². The summed E-state index contributed by atoms with van der Waals surface area (Å²) in [7, 11) is 0. The van der Waals surface area contributed by atoms with Gasteiger partial charge in [0.1, 0.15) is 17.3 Å². The number of carbonyl (C=O) groups excluding carboxylic acids is 1. The molecule has 0 bridgehead atoms. The summed E-state index contributed by atoms with van der Waals surface area (Å²) >= 11 is 7.43. The fraction of sp³-hybridized carbons (Fsp3) is 0.0345. The zero-order chi connectivity index (χ0) is 26.4. The molecule has 0 saturated heterocycles. The number of hydrogen-bond donors (Lipinski definition) is 2. The van der Waals surface area contributed by atoms with Crippen molar-refractivity contribution >= 4 is 38.9 Å². The quantitative estimate of drug-likeness (QED) is 0.209. The zero-order valence-corrected chi connectivity index (χ0v) is 21.5. The highest BCUT2D eigenvalue weighted by Gasteiger charge is 2.32. The Morgan fingerprint density at radius 3 is 2.53 bits per heavy atom. The Balaban J connectivity index is 1.58. The third-order valence-electron chi connectivity index (χ3n) is 5.93. The van der Waals surface area contributed by atoms with Crippen molar-refractivity contribution < 1.29 is 24.2 Å². The maximum atomic E-state index is 13.6. The van der Waals surface area contributed by atoms with E-state index >= 15 is 0 Å². The minimum atomic E-state index is -0.585. The van der Waals surface area contributed by atoms with Gasteiger partial charge < -0.3 is 19.4 Å². The Bertz CT molecular complexity index is 1820. The summed E-state index contributed by atoms with van der Waals surface area (Å²) in [5.41, 5.74) is 1.29. The molecular formula is C29H19ClN2O5S. The smallest absolute Gasteiger partial charge is 0.242 e. The van der Waals surface area contributed by atoms with E-state index in [2.05, 4.69) is 4.98 Å². The molecule has 0 aliphatic rings. The molecule has 0 amide bonds. The van der Waals surface area contributed by atoms with Crippen LogP contribution in [0.5, 0.6) is 23.1 Å². The van der Waals surface area contributed by atoms with Crippen LogP contribution in [0.15, 0.2) is 89.3 Å². The van der Waals surface area contributed by atoms with Crippen molar-refractivity contribution in [3.05, 3.63) is 107 Å². The second kappa shape index (κ2) is 9.41. The number of hydrogen-bond acceptors (Lipinski definition) is 7. The number of ether oxygens (including phenoxy) is 1. The van der Waals surface area contributed by atoms with Crippen LogP contribution in [0.4, 0.5) is 0 Å². The molecule has 0 aliphatic heterocycles. The second-order valence-electron chi connectivity index (χ2n) is 8.52. The third-order valence-corrected chi connectivity index (χ3v) is 7.17. The van der Waals surface area contributed by atoms with Crippen LogP contribution < -0.4 is 4.74 Å². The summed E-state index contributed by atoms with van der Waals surface area (Å²) in [6, 6.07) is 24.8. The van der Waals surface area contributed by atoms with Crippen LogP contribution in [-0.4, -0.2) is 25.5 Å². The Kier molecular flexibility index (Phi) is 5.90. The first-order valence-corrected chi connectivity index (χ1v) is 12.8. The first-order chi connectivity index (χ1) is 18.4. The molecule has 0 unspecified atom stereocenters. The molecule has 3 aromatic heterocycles. The van der Waals surface area contributed by atoms with Crippen molar-refractivity contribution in [3.8, 4) is 39.5 Å². The number of fused-ring (bicyclic) bond motifs is 1. The number of ketones is 1. The molecule has 7 nitrogen and oxygen atoms in total. The SMILES string of the molecule is Cc1ccc(C(=O)c2c(O)c(O)n(-c3nc4ccc(Cl)cc4s3)c2-c2cccc(Oc3ccccc3)c2)o1. The summed E-state index contributed by atoms with van der Waals surface area (Å²) < 4.78 is 13.7. The van der Waals surface area contributed by atoms with E-state index in [0.29, 0.717) is 38.5 Å². The van der Waals surface area contributed by atoms with Crippen LogP contribution in [0.2, 0.25) is 5.02 Å². The third kappa shape index (κ3) is 4.19. The minimum absolute atomic E-state index is 0.0315. The van der Waals surface area contributed by atoms with Gasteiger partial charge >= 0.3 is 0 Å². The van der Waals surface area contributed by atoms with Crippen molar-refractivity contribution in [3.63, 3.8) is 0 Å². The standard InChI is InChI=1S/C29H19ClN2O5S/c1-16-10-13-22(36-16)26(33)24-25(17-6-5-9-20(14-17)37-19-7-3-2-4-8-19)32(28(35)27(24)34)29-31-21-12-11-18(30)15-23(21)38-29/h2-15,34-35H,1H3. The average Bonchev–Trinajstić information content (AvgIpc) is 3.60. The van der Waals surface area contributed by atoms with Gasteiger partial charge in [0.05, 0.1) is 21.5 Å². The van der Waals surface area contributed by atoms with Gasteiger partial charge in [-0.2, -0.15) is 0 Å². The largest absolute Gasteiger partial charge is 0.503 e. The van der Waals surface area contributed by atoms with Crippen molar-refractivity contribution in [2.75, 3.05) is 0 Å². The lowest BCUT2D eigenvalue weighted by molar-refractivity contribution is 0.101. The molecule has 38 heavy (non-hydrogen) atoms. The maximum Gasteiger partial charge on any atom is 0.242 e. The molecule has 3 heterocycles. The van der Waals surface area contributed by atoms with E-state index < -0.39 is 17.4 Å². The van der Waals surface area contributed by atoms with Gasteiger partial charge in [-0.25, -0.2) is 4.98 Å². The lowest BCUT2D eigenvalue weighted by Crippen LogP contribution is -2.04. The normalized spacial score (nSPS) is 11.2. The summed E-state index contributed by atoms with van der Waals surface area (Å²) in [4.78, 5) is 18.3. The number of carbonyl (C=O) groups is 1. The molecule has 2 N–H and O–H groups in total. The number of furan rings is 1. The summed E-state index contributed by atoms with van der Waals surface area (Å²) in [6.07, 6.45) is 0. The van der Waals surface area contributed by atoms with E-state index in [4.69, 9.17) is 20.8 Å². The molecule has 0 radical (unpaired) electrons. The molecule has 0 aliphatic carbocycles. The highest BCUT2D eigenvalue weighted by molar-refractivity contribution is 7.20. The van der Waals surface area contributed by atoms with Crippen molar-refractivity contribution in [1.29, 1.82) is 0 Å². The van der Waals surface area contributed by atoms with E-state index in [9.17, 15) is 15.0 Å². The number of para-hydroxylation sites is 1. The van der Waals surface area contributed by atoms with Crippen LogP contribution in [0.25, 0.3) is 26.6 Å². The van der Waals surface area contributed by atoms with Gasteiger partial charge in [-0.1, -0.05) is 53.3 Å². The number of nitrogens with zero attached hydrogens (tertiary/aromatic N) is 2. The van der Waals surface area contributed by atoms with Gasteiger partial charge in [-0.15, -0.1) is 0 Å². The highest BCUT2D eigenvalue weighted by Crippen LogP contribution is 2.46. The fourth-order valence-corrected chi connectivity index (χ4v) is 5.47. The van der Waals surface area contributed by atoms with Gasteiger partial charge in [0, 0.05) is 10.6 Å². The Morgan fingerprint density at radius 1 is 0.974 bits per heavy atom. The number of benzene rings is 3. The first kappa shape index (κ1) is 23.8. The fourth-order valence-electron chi connectivity index (χ4n) is 4.22. The topological polar surface area (TPSA) is 97.7 Å². The molecular weight excluding hydrogens is 524 g/mol. The van der Waals surface area contributed by atoms with Gasteiger partial charge in [0.2, 0.25) is 11.7 Å². The van der Waals surface area contributed by atoms with Gasteiger partial charge in [0.25, 0.3) is 0 Å². The molecule has 0 atom stereocenters. The van der Waals surface area contributed by atoms with Crippen LogP contribution in [-0.2, 0) is 0 Å². The first-order valence-electron chi connectivity index (χ1n) is 11.6. The highest BCUT2D eigenvalue weighted by atomic mass is 35.5. The summed E-state index contributed by atoms with van der Waals surface area (Å²) in [5.74, 6) is 0.0262. The van der Waals surface area contributed by atoms with Crippen molar-refractivity contribution in [1.82, 2.24) is 9.55 Å². The summed E-state index contributed by atoms with van der Waals surface area (Å²) in [6.45, 7) is 1.72. The number of aromatic nitrogens is 2.